The van der Waals surface area contributed by atoms with Gasteiger partial charge in [-0.25, -0.2) is 4.98 Å². The van der Waals surface area contributed by atoms with Gasteiger partial charge in [-0.15, -0.1) is 11.3 Å². The van der Waals surface area contributed by atoms with Crippen molar-refractivity contribution in [3.05, 3.63) is 33.5 Å². The molecule has 0 aliphatic carbocycles. The van der Waals surface area contributed by atoms with Crippen LogP contribution in [0.25, 0.3) is 0 Å². The van der Waals surface area contributed by atoms with Gasteiger partial charge in [0.2, 0.25) is 5.91 Å². The van der Waals surface area contributed by atoms with E-state index in [0.717, 1.165) is 42.2 Å². The Labute approximate surface area is 141 Å². The van der Waals surface area contributed by atoms with Crippen LogP contribution < -0.4 is 0 Å². The lowest BCUT2D eigenvalue weighted by atomic mass is 10.0. The van der Waals surface area contributed by atoms with E-state index in [4.69, 9.17) is 0 Å². The SMILES string of the molecule is Cc1nn(C)c(C)c1CCC(=O)N1CCCCC1c1nccs1. The van der Waals surface area contributed by atoms with Gasteiger partial charge in [-0.1, -0.05) is 0 Å². The molecule has 0 N–H and O–H groups in total. The second kappa shape index (κ2) is 6.83. The minimum atomic E-state index is 0.173. The summed E-state index contributed by atoms with van der Waals surface area (Å²) in [7, 11) is 1.96. The number of rotatable bonds is 4. The maximum Gasteiger partial charge on any atom is 0.223 e. The van der Waals surface area contributed by atoms with Gasteiger partial charge in [0, 0.05) is 37.3 Å². The topological polar surface area (TPSA) is 51.0 Å². The quantitative estimate of drug-likeness (QED) is 0.864. The summed E-state index contributed by atoms with van der Waals surface area (Å²) in [5, 5.41) is 7.51. The van der Waals surface area contributed by atoms with Gasteiger partial charge in [-0.2, -0.15) is 5.10 Å². The van der Waals surface area contributed by atoms with E-state index in [2.05, 4.69) is 17.0 Å². The summed E-state index contributed by atoms with van der Waals surface area (Å²) in [5.41, 5.74) is 3.40. The highest BCUT2D eigenvalue weighted by molar-refractivity contribution is 7.09. The van der Waals surface area contributed by atoms with Gasteiger partial charge in [0.25, 0.3) is 0 Å². The van der Waals surface area contributed by atoms with E-state index in [1.54, 1.807) is 11.3 Å². The fourth-order valence-corrected chi connectivity index (χ4v) is 4.23. The third-order valence-electron chi connectivity index (χ3n) is 4.81. The van der Waals surface area contributed by atoms with E-state index in [1.807, 2.05) is 35.1 Å². The lowest BCUT2D eigenvalue weighted by molar-refractivity contribution is -0.135. The highest BCUT2D eigenvalue weighted by Crippen LogP contribution is 2.32. The maximum atomic E-state index is 12.8. The first kappa shape index (κ1) is 16.2. The van der Waals surface area contributed by atoms with Crippen molar-refractivity contribution in [2.75, 3.05) is 6.54 Å². The zero-order valence-electron chi connectivity index (χ0n) is 14.1. The zero-order chi connectivity index (χ0) is 16.4. The number of nitrogens with zero attached hydrogens (tertiary/aromatic N) is 4. The van der Waals surface area contributed by atoms with Gasteiger partial charge in [0.05, 0.1) is 11.7 Å². The predicted molar refractivity (Wildman–Crippen MR) is 91.4 cm³/mol. The van der Waals surface area contributed by atoms with Crippen LogP contribution in [-0.4, -0.2) is 32.1 Å². The van der Waals surface area contributed by atoms with Crippen LogP contribution in [0.3, 0.4) is 0 Å². The van der Waals surface area contributed by atoms with Crippen molar-refractivity contribution >= 4 is 17.2 Å². The fraction of sp³-hybridized carbons (Fsp3) is 0.588. The molecule has 3 heterocycles. The largest absolute Gasteiger partial charge is 0.333 e. The highest BCUT2D eigenvalue weighted by Gasteiger charge is 2.29. The molecule has 2 aromatic rings. The monoisotopic (exact) mass is 332 g/mol. The number of carbonyl (C=O) groups excluding carboxylic acids is 1. The minimum absolute atomic E-state index is 0.173. The first-order chi connectivity index (χ1) is 11.1. The average molecular weight is 332 g/mol. The Morgan fingerprint density at radius 1 is 1.39 bits per heavy atom. The van der Waals surface area contributed by atoms with Gasteiger partial charge in [0.1, 0.15) is 5.01 Å². The Morgan fingerprint density at radius 2 is 2.22 bits per heavy atom. The van der Waals surface area contributed by atoms with Crippen molar-refractivity contribution in [3.63, 3.8) is 0 Å². The van der Waals surface area contributed by atoms with E-state index in [0.29, 0.717) is 6.42 Å². The number of piperidine rings is 1. The number of hydrogen-bond donors (Lipinski definition) is 0. The smallest absolute Gasteiger partial charge is 0.223 e. The van der Waals surface area contributed by atoms with Crippen LogP contribution in [0, 0.1) is 13.8 Å². The van der Waals surface area contributed by atoms with E-state index in [9.17, 15) is 4.79 Å². The number of aromatic nitrogens is 3. The normalized spacial score (nSPS) is 18.4. The lowest BCUT2D eigenvalue weighted by Gasteiger charge is -2.34. The molecule has 2 aromatic heterocycles. The molecule has 1 aliphatic rings. The molecule has 124 valence electrons. The number of thiazole rings is 1. The van der Waals surface area contributed by atoms with Crippen molar-refractivity contribution in [2.45, 2.75) is 52.0 Å². The Balaban J connectivity index is 1.69. The number of amides is 1. The molecule has 0 radical (unpaired) electrons. The van der Waals surface area contributed by atoms with Crippen LogP contribution in [0.4, 0.5) is 0 Å². The molecule has 0 spiro atoms. The summed E-state index contributed by atoms with van der Waals surface area (Å²) in [5.74, 6) is 0.243. The van der Waals surface area contributed by atoms with E-state index in [1.165, 1.54) is 12.0 Å². The first-order valence-electron chi connectivity index (χ1n) is 8.26. The first-order valence-corrected chi connectivity index (χ1v) is 9.14. The summed E-state index contributed by atoms with van der Waals surface area (Å²) >= 11 is 1.65. The summed E-state index contributed by atoms with van der Waals surface area (Å²) in [6, 6.07) is 0.173. The summed E-state index contributed by atoms with van der Waals surface area (Å²) in [6.45, 7) is 4.94. The second-order valence-electron chi connectivity index (χ2n) is 6.24. The molecular formula is C17H24N4OS. The van der Waals surface area contributed by atoms with Gasteiger partial charge >= 0.3 is 0 Å². The van der Waals surface area contributed by atoms with E-state index >= 15 is 0 Å². The Hall–Kier alpha value is -1.69. The molecule has 6 heteroatoms. The molecule has 23 heavy (non-hydrogen) atoms. The Morgan fingerprint density at radius 3 is 2.87 bits per heavy atom. The third-order valence-corrected chi connectivity index (χ3v) is 5.68. The lowest BCUT2D eigenvalue weighted by Crippen LogP contribution is -2.38. The van der Waals surface area contributed by atoms with Crippen molar-refractivity contribution in [2.24, 2.45) is 7.05 Å². The molecule has 0 bridgehead atoms. The molecule has 1 aliphatic heterocycles. The van der Waals surface area contributed by atoms with Crippen LogP contribution in [0.5, 0.6) is 0 Å². The van der Waals surface area contributed by atoms with Crippen molar-refractivity contribution in [3.8, 4) is 0 Å². The van der Waals surface area contributed by atoms with Crippen LogP contribution in [0.15, 0.2) is 11.6 Å². The fourth-order valence-electron chi connectivity index (χ4n) is 3.44. The number of hydrogen-bond acceptors (Lipinski definition) is 4. The van der Waals surface area contributed by atoms with Gasteiger partial charge in [0.15, 0.2) is 0 Å². The summed E-state index contributed by atoms with van der Waals surface area (Å²) in [6.07, 6.45) is 6.46. The van der Waals surface area contributed by atoms with Crippen LogP contribution in [-0.2, 0) is 18.3 Å². The van der Waals surface area contributed by atoms with E-state index in [-0.39, 0.29) is 11.9 Å². The van der Waals surface area contributed by atoms with Crippen LogP contribution >= 0.6 is 11.3 Å². The van der Waals surface area contributed by atoms with Crippen LogP contribution in [0.2, 0.25) is 0 Å². The van der Waals surface area contributed by atoms with Crippen molar-refractivity contribution < 1.29 is 4.79 Å². The second-order valence-corrected chi connectivity index (χ2v) is 7.17. The van der Waals surface area contributed by atoms with Gasteiger partial charge in [-0.3, -0.25) is 9.48 Å². The molecule has 1 saturated heterocycles. The molecule has 1 fully saturated rings. The molecular weight excluding hydrogens is 308 g/mol. The van der Waals surface area contributed by atoms with Crippen molar-refractivity contribution in [1.82, 2.24) is 19.7 Å². The van der Waals surface area contributed by atoms with Gasteiger partial charge < -0.3 is 4.90 Å². The summed E-state index contributed by atoms with van der Waals surface area (Å²) in [4.78, 5) is 19.3. The number of carbonyl (C=O) groups is 1. The Bertz CT molecular complexity index is 677. The minimum Gasteiger partial charge on any atom is -0.333 e. The van der Waals surface area contributed by atoms with E-state index < -0.39 is 0 Å². The maximum absolute atomic E-state index is 12.8. The highest BCUT2D eigenvalue weighted by atomic mass is 32.1. The number of likely N-dealkylation sites (tertiary alicyclic amines) is 1. The Kier molecular flexibility index (Phi) is 4.80. The van der Waals surface area contributed by atoms with Crippen LogP contribution in [0.1, 0.15) is 53.7 Å². The predicted octanol–water partition coefficient (Wildman–Crippen LogP) is 3.18. The number of aryl methyl sites for hydroxylation is 2. The van der Waals surface area contributed by atoms with Gasteiger partial charge in [-0.05, 0) is 45.1 Å². The van der Waals surface area contributed by atoms with Crippen molar-refractivity contribution in [1.29, 1.82) is 0 Å². The molecule has 1 amide bonds. The molecule has 3 rings (SSSR count). The molecule has 0 aromatic carbocycles. The zero-order valence-corrected chi connectivity index (χ0v) is 14.9. The average Bonchev–Trinajstić information content (AvgIpc) is 3.15. The standard InChI is InChI=1S/C17H24N4OS/c1-12-14(13(2)20(3)19-12)7-8-16(22)21-10-5-4-6-15(21)17-18-9-11-23-17/h9,11,15H,4-8,10H2,1-3H3. The summed E-state index contributed by atoms with van der Waals surface area (Å²) < 4.78 is 1.90. The third kappa shape index (κ3) is 3.32. The molecule has 1 atom stereocenters. The molecule has 1 unspecified atom stereocenters. The molecule has 0 saturated carbocycles. The molecule has 5 nitrogen and oxygen atoms in total.